The Morgan fingerprint density at radius 1 is 0.410 bits per heavy atom. The molecule has 0 heterocycles. The fraction of sp³-hybridized carbons (Fsp3) is 0.794. The maximum Gasteiger partial charge on any atom is 0.472 e. The minimum atomic E-state index is -4.40. The number of quaternary nitrogens is 1. The Labute approximate surface area is 482 Å². The Bertz CT molecular complexity index is 1550. The van der Waals surface area contributed by atoms with Crippen LogP contribution in [0, 0.1) is 0 Å². The third kappa shape index (κ3) is 62.6. The van der Waals surface area contributed by atoms with Gasteiger partial charge in [0.1, 0.15) is 19.8 Å². The molecule has 10 heteroatoms. The Balaban J connectivity index is 3.95. The molecule has 0 rings (SSSR count). The van der Waals surface area contributed by atoms with Crippen LogP contribution in [0.2, 0.25) is 0 Å². The summed E-state index contributed by atoms with van der Waals surface area (Å²) in [4.78, 5) is 35.7. The van der Waals surface area contributed by atoms with Crippen LogP contribution < -0.4 is 0 Å². The monoisotopic (exact) mass is 1110 g/mol. The Hall–Kier alpha value is -2.55. The summed E-state index contributed by atoms with van der Waals surface area (Å²) in [6.45, 7) is 4.30. The molecule has 1 N–H and O–H groups in total. The minimum Gasteiger partial charge on any atom is -0.462 e. The molecular weight excluding hydrogens is 990 g/mol. The number of nitrogens with zero attached hydrogens (tertiary/aromatic N) is 1. The number of allylic oxidation sites excluding steroid dienone is 12. The van der Waals surface area contributed by atoms with Gasteiger partial charge in [0.05, 0.1) is 27.7 Å². The zero-order valence-electron chi connectivity index (χ0n) is 51.6. The predicted molar refractivity (Wildman–Crippen MR) is 335 cm³/mol. The van der Waals surface area contributed by atoms with Crippen LogP contribution >= 0.6 is 7.82 Å². The highest BCUT2D eigenvalue weighted by Gasteiger charge is 2.27. The van der Waals surface area contributed by atoms with Crippen molar-refractivity contribution in [1.29, 1.82) is 0 Å². The van der Waals surface area contributed by atoms with Crippen LogP contribution in [0.3, 0.4) is 0 Å². The highest BCUT2D eigenvalue weighted by atomic mass is 31.2. The quantitative estimate of drug-likeness (QED) is 0.0211. The van der Waals surface area contributed by atoms with Gasteiger partial charge in [-0.15, -0.1) is 0 Å². The molecular formula is C68H125NO8P+. The maximum atomic E-state index is 12.8. The second-order valence-electron chi connectivity index (χ2n) is 23.1. The molecule has 0 aromatic rings. The number of esters is 2. The minimum absolute atomic E-state index is 0.0252. The summed E-state index contributed by atoms with van der Waals surface area (Å²) in [6.07, 6.45) is 78.7. The normalized spacial score (nSPS) is 13.7. The van der Waals surface area contributed by atoms with E-state index in [4.69, 9.17) is 18.5 Å². The Morgan fingerprint density at radius 2 is 0.731 bits per heavy atom. The lowest BCUT2D eigenvalue weighted by molar-refractivity contribution is -0.870. The molecule has 0 saturated carbocycles. The molecule has 454 valence electrons. The van der Waals surface area contributed by atoms with Gasteiger partial charge in [-0.05, 0) is 83.5 Å². The van der Waals surface area contributed by atoms with E-state index >= 15 is 0 Å². The first-order chi connectivity index (χ1) is 38.0. The summed E-state index contributed by atoms with van der Waals surface area (Å²) in [7, 11) is 1.46. The van der Waals surface area contributed by atoms with Gasteiger partial charge in [-0.2, -0.15) is 0 Å². The van der Waals surface area contributed by atoms with Gasteiger partial charge < -0.3 is 18.9 Å². The summed E-state index contributed by atoms with van der Waals surface area (Å²) in [6, 6.07) is 0. The first kappa shape index (κ1) is 75.5. The maximum absolute atomic E-state index is 12.8. The van der Waals surface area contributed by atoms with Gasteiger partial charge in [0.25, 0.3) is 0 Å². The molecule has 0 aromatic carbocycles. The highest BCUT2D eigenvalue weighted by molar-refractivity contribution is 7.47. The lowest BCUT2D eigenvalue weighted by Gasteiger charge is -2.24. The molecule has 2 atom stereocenters. The molecule has 0 amide bonds. The molecule has 0 spiro atoms. The van der Waals surface area contributed by atoms with Gasteiger partial charge in [0.15, 0.2) is 6.10 Å². The molecule has 0 radical (unpaired) electrons. The molecule has 0 aliphatic heterocycles. The van der Waals surface area contributed by atoms with Crippen molar-refractivity contribution in [3.63, 3.8) is 0 Å². The standard InChI is InChI=1S/C68H124NO8P/c1-6-8-10-12-14-16-18-20-22-24-25-26-27-28-29-30-31-32-33-34-35-36-37-38-39-40-41-42-43-45-46-48-50-52-54-56-58-60-67(70)74-64-66(65-76-78(72,73)75-63-62-69(3,4)5)77-68(71)61-59-57-55-53-51-49-47-44-23-21-19-17-15-13-11-9-7-2/h9,11,15,17-18,20-21,23-25,47,49,66H,6-8,10,12-14,16,19,22,26-46,48,50-65H2,1-5H3/p+1/b11-9-,17-15-,20-18-,23-21-,25-24-,49-47-. The summed E-state index contributed by atoms with van der Waals surface area (Å²) < 4.78 is 34.6. The summed E-state index contributed by atoms with van der Waals surface area (Å²) >= 11 is 0. The molecule has 0 bridgehead atoms. The number of phosphoric ester groups is 1. The van der Waals surface area contributed by atoms with Gasteiger partial charge in [0.2, 0.25) is 0 Å². The number of hydrogen-bond acceptors (Lipinski definition) is 7. The van der Waals surface area contributed by atoms with E-state index in [0.29, 0.717) is 17.4 Å². The van der Waals surface area contributed by atoms with Crippen molar-refractivity contribution in [3.05, 3.63) is 72.9 Å². The van der Waals surface area contributed by atoms with Gasteiger partial charge in [0, 0.05) is 12.8 Å². The number of rotatable bonds is 60. The van der Waals surface area contributed by atoms with E-state index in [-0.39, 0.29) is 32.0 Å². The second kappa shape index (κ2) is 59.1. The van der Waals surface area contributed by atoms with Gasteiger partial charge in [-0.3, -0.25) is 18.6 Å². The van der Waals surface area contributed by atoms with E-state index in [0.717, 1.165) is 77.0 Å². The number of carbonyl (C=O) groups is 2. The van der Waals surface area contributed by atoms with Crippen LogP contribution in [0.15, 0.2) is 72.9 Å². The smallest absolute Gasteiger partial charge is 0.462 e. The zero-order valence-corrected chi connectivity index (χ0v) is 52.5. The SMILES string of the molecule is CC/C=C\C/C=C\C/C=C\C/C=C\CCCCCCC(=O)OC(COC(=O)CCCCCCCCCCCCCCCCCCCCCCCCCCC/C=C\C/C=C\CCCCCCC)COP(=O)(O)OCC[N+](C)(C)C. The van der Waals surface area contributed by atoms with Crippen LogP contribution in [0.5, 0.6) is 0 Å². The molecule has 0 aromatic heterocycles. The number of likely N-dealkylation sites (N-methyl/N-ethyl adjacent to an activating group) is 1. The fourth-order valence-electron chi connectivity index (χ4n) is 9.22. The van der Waals surface area contributed by atoms with Crippen molar-refractivity contribution in [3.8, 4) is 0 Å². The van der Waals surface area contributed by atoms with Crippen molar-refractivity contribution in [2.24, 2.45) is 0 Å². The lowest BCUT2D eigenvalue weighted by atomic mass is 10.0. The van der Waals surface area contributed by atoms with Crippen LogP contribution in [0.1, 0.15) is 296 Å². The number of carbonyl (C=O) groups excluding carboxylic acids is 2. The van der Waals surface area contributed by atoms with Crippen molar-refractivity contribution in [1.82, 2.24) is 0 Å². The molecule has 2 unspecified atom stereocenters. The molecule has 0 fully saturated rings. The van der Waals surface area contributed by atoms with Gasteiger partial charge in [-0.25, -0.2) is 4.57 Å². The lowest BCUT2D eigenvalue weighted by Crippen LogP contribution is -2.37. The van der Waals surface area contributed by atoms with Gasteiger partial charge >= 0.3 is 19.8 Å². The molecule has 0 aliphatic rings. The zero-order chi connectivity index (χ0) is 57.0. The van der Waals surface area contributed by atoms with E-state index in [9.17, 15) is 19.0 Å². The highest BCUT2D eigenvalue weighted by Crippen LogP contribution is 2.43. The van der Waals surface area contributed by atoms with Crippen LogP contribution in [0.4, 0.5) is 0 Å². The molecule has 0 aliphatic carbocycles. The van der Waals surface area contributed by atoms with E-state index in [2.05, 4.69) is 86.8 Å². The summed E-state index contributed by atoms with van der Waals surface area (Å²) in [5, 5.41) is 0. The topological polar surface area (TPSA) is 108 Å². The Morgan fingerprint density at radius 3 is 1.09 bits per heavy atom. The van der Waals surface area contributed by atoms with E-state index in [1.807, 2.05) is 21.1 Å². The number of unbranched alkanes of at least 4 members (excludes halogenated alkanes) is 34. The second-order valence-corrected chi connectivity index (χ2v) is 24.6. The van der Waals surface area contributed by atoms with Crippen molar-refractivity contribution in [2.45, 2.75) is 302 Å². The van der Waals surface area contributed by atoms with Crippen molar-refractivity contribution >= 4 is 19.8 Å². The molecule has 0 saturated heterocycles. The number of phosphoric acid groups is 1. The summed E-state index contributed by atoms with van der Waals surface area (Å²) in [5.41, 5.74) is 0. The van der Waals surface area contributed by atoms with E-state index in [1.165, 1.54) is 186 Å². The predicted octanol–water partition coefficient (Wildman–Crippen LogP) is 20.8. The third-order valence-corrected chi connectivity index (χ3v) is 15.2. The molecule has 78 heavy (non-hydrogen) atoms. The van der Waals surface area contributed by atoms with Crippen molar-refractivity contribution in [2.75, 3.05) is 47.5 Å². The van der Waals surface area contributed by atoms with E-state index in [1.54, 1.807) is 0 Å². The number of hydrogen-bond donors (Lipinski definition) is 1. The number of ether oxygens (including phenoxy) is 2. The van der Waals surface area contributed by atoms with Crippen LogP contribution in [0.25, 0.3) is 0 Å². The average molecular weight is 1120 g/mol. The molecule has 9 nitrogen and oxygen atoms in total. The largest absolute Gasteiger partial charge is 0.472 e. The summed E-state index contributed by atoms with van der Waals surface area (Å²) in [5.74, 6) is -0.817. The average Bonchev–Trinajstić information content (AvgIpc) is 3.40. The van der Waals surface area contributed by atoms with Crippen LogP contribution in [-0.2, 0) is 32.7 Å². The first-order valence-electron chi connectivity index (χ1n) is 32.7. The fourth-order valence-corrected chi connectivity index (χ4v) is 9.96. The van der Waals surface area contributed by atoms with Gasteiger partial charge in [-0.1, -0.05) is 273 Å². The van der Waals surface area contributed by atoms with Crippen LogP contribution in [-0.4, -0.2) is 74.9 Å². The first-order valence-corrected chi connectivity index (χ1v) is 34.2. The van der Waals surface area contributed by atoms with E-state index < -0.39 is 26.5 Å². The van der Waals surface area contributed by atoms with Crippen molar-refractivity contribution < 1.29 is 42.1 Å². The Kier molecular flexibility index (Phi) is 57.2. The third-order valence-electron chi connectivity index (χ3n) is 14.2.